The SMILES string of the molecule is CC/C=C\C/C=C\C/C=C\C/C=C\C/C=C\C/C=C\C/C=C\C/C=C\C/C=C\C/C=C\C/C=C\CCCCCCCCCC(=O)OC(COC(=O)CCCCCC/C=C\C/C=C\C/C=C\C/C=C\CC)COC(OCC[N+](C)(C)C)C(=O)[O-]. The number of unbranched alkanes of at least 4 members (excludes halogenated alkanes) is 11. The van der Waals surface area contributed by atoms with E-state index in [9.17, 15) is 19.5 Å². The van der Waals surface area contributed by atoms with Gasteiger partial charge in [-0.2, -0.15) is 0 Å². The van der Waals surface area contributed by atoms with E-state index >= 15 is 0 Å². The molecule has 0 rings (SSSR count). The number of likely N-dealkylation sites (N-methyl/N-ethyl adjacent to an activating group) is 1. The van der Waals surface area contributed by atoms with E-state index in [1.807, 2.05) is 21.1 Å². The van der Waals surface area contributed by atoms with Gasteiger partial charge >= 0.3 is 11.9 Å². The summed E-state index contributed by atoms with van der Waals surface area (Å²) >= 11 is 0. The molecule has 0 spiro atoms. The Balaban J connectivity index is 4.23. The first-order chi connectivity index (χ1) is 40.6. The fourth-order valence-electron chi connectivity index (χ4n) is 7.82. The number of hydrogen-bond acceptors (Lipinski definition) is 8. The summed E-state index contributed by atoms with van der Waals surface area (Å²) < 4.78 is 22.7. The summed E-state index contributed by atoms with van der Waals surface area (Å²) in [6.45, 7) is 4.44. The highest BCUT2D eigenvalue weighted by atomic mass is 16.7. The molecule has 0 radical (unpaired) electrons. The van der Waals surface area contributed by atoms with Crippen LogP contribution in [0.25, 0.3) is 0 Å². The van der Waals surface area contributed by atoms with Crippen LogP contribution in [-0.4, -0.2) is 82.3 Å². The summed E-state index contributed by atoms with van der Waals surface area (Å²) in [7, 11) is 5.89. The van der Waals surface area contributed by atoms with Crippen molar-refractivity contribution in [1.82, 2.24) is 0 Å². The maximum absolute atomic E-state index is 12.9. The first kappa shape index (κ1) is 77.4. The lowest BCUT2D eigenvalue weighted by Gasteiger charge is -2.26. The molecule has 0 aromatic heterocycles. The Morgan fingerprint density at radius 1 is 0.361 bits per heavy atom. The van der Waals surface area contributed by atoms with Gasteiger partial charge in [0.25, 0.3) is 0 Å². The largest absolute Gasteiger partial charge is 0.545 e. The fourth-order valence-corrected chi connectivity index (χ4v) is 7.82. The van der Waals surface area contributed by atoms with E-state index in [2.05, 4.69) is 196 Å². The van der Waals surface area contributed by atoms with Crippen LogP contribution in [-0.2, 0) is 33.3 Å². The van der Waals surface area contributed by atoms with E-state index in [0.717, 1.165) is 154 Å². The number of carbonyl (C=O) groups excluding carboxylic acids is 3. The van der Waals surface area contributed by atoms with Gasteiger partial charge in [0.2, 0.25) is 0 Å². The van der Waals surface area contributed by atoms with E-state index < -0.39 is 30.3 Å². The van der Waals surface area contributed by atoms with Crippen molar-refractivity contribution in [2.45, 2.75) is 219 Å². The van der Waals surface area contributed by atoms with Gasteiger partial charge in [0, 0.05) is 12.8 Å². The minimum Gasteiger partial charge on any atom is -0.545 e. The lowest BCUT2D eigenvalue weighted by molar-refractivity contribution is -0.870. The number of ether oxygens (including phenoxy) is 4. The fraction of sp³-hybridized carbons (Fsp3) is 0.554. The molecule has 0 saturated carbocycles. The predicted molar refractivity (Wildman–Crippen MR) is 351 cm³/mol. The van der Waals surface area contributed by atoms with Gasteiger partial charge in [0.1, 0.15) is 13.2 Å². The van der Waals surface area contributed by atoms with Crippen molar-refractivity contribution in [2.75, 3.05) is 47.5 Å². The molecular formula is C74H115NO8. The van der Waals surface area contributed by atoms with E-state index in [1.165, 1.54) is 12.8 Å². The molecule has 0 aliphatic rings. The van der Waals surface area contributed by atoms with Gasteiger partial charge in [-0.25, -0.2) is 0 Å². The molecule has 2 unspecified atom stereocenters. The highest BCUT2D eigenvalue weighted by Gasteiger charge is 2.22. The molecule has 0 fully saturated rings. The molecular weight excluding hydrogens is 1030 g/mol. The minimum atomic E-state index is -1.64. The van der Waals surface area contributed by atoms with Gasteiger partial charge in [-0.1, -0.05) is 241 Å². The second-order valence-corrected chi connectivity index (χ2v) is 21.6. The molecule has 9 heteroatoms. The normalized spacial score (nSPS) is 14.0. The number of nitrogens with zero attached hydrogens (tertiary/aromatic N) is 1. The van der Waals surface area contributed by atoms with Crippen LogP contribution in [0.15, 0.2) is 182 Å². The van der Waals surface area contributed by atoms with Gasteiger partial charge in [-0.3, -0.25) is 9.59 Å². The number of quaternary nitrogens is 1. The third-order valence-electron chi connectivity index (χ3n) is 12.6. The maximum Gasteiger partial charge on any atom is 0.306 e. The van der Waals surface area contributed by atoms with Gasteiger partial charge < -0.3 is 33.3 Å². The van der Waals surface area contributed by atoms with Crippen LogP contribution in [0.5, 0.6) is 0 Å². The van der Waals surface area contributed by atoms with Gasteiger partial charge in [0.15, 0.2) is 12.4 Å². The summed E-state index contributed by atoms with van der Waals surface area (Å²) in [5.74, 6) is -2.35. The van der Waals surface area contributed by atoms with Gasteiger partial charge in [0.05, 0.1) is 40.3 Å². The Morgan fingerprint density at radius 3 is 0.964 bits per heavy atom. The number of aliphatic carboxylic acids is 1. The average molecular weight is 1150 g/mol. The predicted octanol–water partition coefficient (Wildman–Crippen LogP) is 18.3. The van der Waals surface area contributed by atoms with E-state index in [0.29, 0.717) is 23.9 Å². The van der Waals surface area contributed by atoms with E-state index in [-0.39, 0.29) is 32.7 Å². The quantitative estimate of drug-likeness (QED) is 0.0195. The van der Waals surface area contributed by atoms with Crippen LogP contribution < -0.4 is 5.11 Å². The third kappa shape index (κ3) is 63.8. The second kappa shape index (κ2) is 62.4. The molecule has 0 aliphatic heterocycles. The lowest BCUT2D eigenvalue weighted by atomic mass is 10.1. The van der Waals surface area contributed by atoms with Crippen LogP contribution in [0.3, 0.4) is 0 Å². The summed E-state index contributed by atoms with van der Waals surface area (Å²) in [4.78, 5) is 37.3. The number of carboxylic acid groups (broad SMARTS) is 1. The number of rotatable bonds is 56. The summed E-state index contributed by atoms with van der Waals surface area (Å²) in [6, 6.07) is 0. The highest BCUT2D eigenvalue weighted by Crippen LogP contribution is 2.13. The van der Waals surface area contributed by atoms with Crippen molar-refractivity contribution in [2.24, 2.45) is 0 Å². The Morgan fingerprint density at radius 2 is 0.651 bits per heavy atom. The van der Waals surface area contributed by atoms with Crippen molar-refractivity contribution >= 4 is 17.9 Å². The number of esters is 2. The van der Waals surface area contributed by atoms with E-state index in [1.54, 1.807) is 0 Å². The Kier molecular flexibility index (Phi) is 58.2. The molecule has 0 aromatic carbocycles. The van der Waals surface area contributed by atoms with Crippen molar-refractivity contribution in [3.63, 3.8) is 0 Å². The molecule has 0 N–H and O–H groups in total. The molecule has 0 heterocycles. The standard InChI is InChI=1S/C74H115NO8/c1-6-8-10-12-14-16-18-20-22-24-25-26-27-28-29-30-31-32-33-34-35-36-37-38-39-40-41-42-43-44-45-46-47-49-51-53-55-57-59-61-63-65-72(77)83-70(69-82-74(73(78)79)80-67-66-75(3,4)5)68-81-71(76)64-62-60-58-56-54-52-50-48-23-21-19-17-15-13-11-9-7-2/h8-11,14-17,20-23,25-26,28-29,31-32,34-35,37-38,40-41,43-44,46-47,50,52,70,74H,6-7,12-13,18-19,24,27,30,33,36,39,42,45,48-49,51,53-69H2,1-5H3/b10-8-,11-9-,16-14-,17-15-,22-20-,23-21-,26-25-,29-28-,32-31-,35-34-,38-37-,41-40-,44-43-,47-46-,52-50-. The zero-order valence-corrected chi connectivity index (χ0v) is 52.7. The number of carboxylic acids is 1. The van der Waals surface area contributed by atoms with Crippen LogP contribution in [0.1, 0.15) is 206 Å². The van der Waals surface area contributed by atoms with E-state index in [4.69, 9.17) is 18.9 Å². The van der Waals surface area contributed by atoms with Gasteiger partial charge in [-0.15, -0.1) is 0 Å². The molecule has 0 bridgehead atoms. The Labute approximate surface area is 507 Å². The minimum absolute atomic E-state index is 0.131. The van der Waals surface area contributed by atoms with Crippen LogP contribution in [0, 0.1) is 0 Å². The van der Waals surface area contributed by atoms with Crippen molar-refractivity contribution in [1.29, 1.82) is 0 Å². The van der Waals surface area contributed by atoms with Crippen molar-refractivity contribution < 1.29 is 42.9 Å². The molecule has 2 atom stereocenters. The zero-order chi connectivity index (χ0) is 60.5. The highest BCUT2D eigenvalue weighted by molar-refractivity contribution is 5.70. The first-order valence-electron chi connectivity index (χ1n) is 31.9. The monoisotopic (exact) mass is 1150 g/mol. The smallest absolute Gasteiger partial charge is 0.306 e. The molecule has 0 saturated heterocycles. The maximum atomic E-state index is 12.9. The first-order valence-corrected chi connectivity index (χ1v) is 31.9. The molecule has 0 aromatic rings. The number of allylic oxidation sites excluding steroid dienone is 30. The average Bonchev–Trinajstić information content (AvgIpc) is 3.46. The molecule has 0 amide bonds. The molecule has 464 valence electrons. The van der Waals surface area contributed by atoms with Crippen LogP contribution in [0.2, 0.25) is 0 Å². The summed E-state index contributed by atoms with van der Waals surface area (Å²) in [5.41, 5.74) is 0. The molecule has 83 heavy (non-hydrogen) atoms. The van der Waals surface area contributed by atoms with Crippen LogP contribution in [0.4, 0.5) is 0 Å². The Hall–Kier alpha value is -5.61. The molecule has 9 nitrogen and oxygen atoms in total. The summed E-state index contributed by atoms with van der Waals surface area (Å²) in [6.07, 6.45) is 92.4. The number of carbonyl (C=O) groups is 3. The van der Waals surface area contributed by atoms with Gasteiger partial charge in [-0.05, 0) is 135 Å². The second-order valence-electron chi connectivity index (χ2n) is 21.6. The summed E-state index contributed by atoms with van der Waals surface area (Å²) in [5, 5.41) is 11.8. The van der Waals surface area contributed by atoms with Crippen LogP contribution >= 0.6 is 0 Å². The Bertz CT molecular complexity index is 2010. The number of hydrogen-bond donors (Lipinski definition) is 0. The topological polar surface area (TPSA) is 111 Å². The zero-order valence-electron chi connectivity index (χ0n) is 52.7. The third-order valence-corrected chi connectivity index (χ3v) is 12.6. The van der Waals surface area contributed by atoms with Crippen molar-refractivity contribution in [3.05, 3.63) is 182 Å². The van der Waals surface area contributed by atoms with Crippen molar-refractivity contribution in [3.8, 4) is 0 Å². The lowest BCUT2D eigenvalue weighted by Crippen LogP contribution is -2.44. The molecule has 0 aliphatic carbocycles.